The van der Waals surface area contributed by atoms with E-state index in [9.17, 15) is 18.0 Å². The van der Waals surface area contributed by atoms with Crippen LogP contribution in [-0.2, 0) is 19.6 Å². The fourth-order valence-corrected chi connectivity index (χ4v) is 4.08. The Kier molecular flexibility index (Phi) is 8.43. The Bertz CT molecular complexity index is 839. The summed E-state index contributed by atoms with van der Waals surface area (Å²) in [5.41, 5.74) is 0.255. The van der Waals surface area contributed by atoms with E-state index in [4.69, 9.17) is 4.74 Å². The summed E-state index contributed by atoms with van der Waals surface area (Å²) in [7, 11) is -3.52. The molecule has 0 aromatic heterocycles. The van der Waals surface area contributed by atoms with Crippen LogP contribution >= 0.6 is 0 Å². The standard InChI is InChI=1S/C21H31N3O5S/c1-21(2,3)29-20(26)22-12-7-10-19(25)23-13-15-24(16-14-23)30(27,28)17-11-18-8-5-4-6-9-18/h4-6,8-9,11,17H,7,10,12-16H2,1-3H3,(H,22,26)/b17-11+. The van der Waals surface area contributed by atoms with Crippen LogP contribution in [0.4, 0.5) is 4.79 Å². The van der Waals surface area contributed by atoms with Crippen LogP contribution in [0, 0.1) is 0 Å². The van der Waals surface area contributed by atoms with Gasteiger partial charge in [0.1, 0.15) is 5.60 Å². The Balaban J connectivity index is 1.72. The number of hydrogen-bond acceptors (Lipinski definition) is 5. The zero-order chi connectivity index (χ0) is 22.2. The lowest BCUT2D eigenvalue weighted by Gasteiger charge is -2.33. The van der Waals surface area contributed by atoms with Gasteiger partial charge in [0.25, 0.3) is 0 Å². The first kappa shape index (κ1) is 23.9. The van der Waals surface area contributed by atoms with Gasteiger partial charge in [0.05, 0.1) is 0 Å². The van der Waals surface area contributed by atoms with Crippen LogP contribution in [-0.4, -0.2) is 67.9 Å². The van der Waals surface area contributed by atoms with Crippen molar-refractivity contribution in [2.24, 2.45) is 0 Å². The molecule has 1 aliphatic rings. The maximum Gasteiger partial charge on any atom is 0.407 e. The zero-order valence-electron chi connectivity index (χ0n) is 17.8. The molecule has 1 fully saturated rings. The van der Waals surface area contributed by atoms with E-state index in [0.717, 1.165) is 5.56 Å². The van der Waals surface area contributed by atoms with Gasteiger partial charge in [-0.05, 0) is 38.8 Å². The third-order valence-electron chi connectivity index (χ3n) is 4.42. The highest BCUT2D eigenvalue weighted by molar-refractivity contribution is 7.92. The maximum absolute atomic E-state index is 12.5. The second-order valence-corrected chi connectivity index (χ2v) is 9.89. The molecule has 0 bridgehead atoms. The van der Waals surface area contributed by atoms with Crippen molar-refractivity contribution in [1.29, 1.82) is 0 Å². The van der Waals surface area contributed by atoms with Gasteiger partial charge in [0.2, 0.25) is 15.9 Å². The normalized spacial score (nSPS) is 15.9. The van der Waals surface area contributed by atoms with E-state index in [1.54, 1.807) is 31.7 Å². The summed E-state index contributed by atoms with van der Waals surface area (Å²) in [5.74, 6) is -0.0436. The first-order valence-electron chi connectivity index (χ1n) is 10.0. The Morgan fingerprint density at radius 1 is 1.10 bits per heavy atom. The van der Waals surface area contributed by atoms with Crippen molar-refractivity contribution in [2.45, 2.75) is 39.2 Å². The molecule has 2 rings (SSSR count). The summed E-state index contributed by atoms with van der Waals surface area (Å²) in [6, 6.07) is 9.23. The molecule has 0 atom stereocenters. The van der Waals surface area contributed by atoms with E-state index in [1.165, 1.54) is 9.71 Å². The van der Waals surface area contributed by atoms with Crippen LogP contribution in [0.5, 0.6) is 0 Å². The van der Waals surface area contributed by atoms with Gasteiger partial charge in [0, 0.05) is 44.6 Å². The number of benzene rings is 1. The van der Waals surface area contributed by atoms with E-state index < -0.39 is 21.7 Å². The topological polar surface area (TPSA) is 96.0 Å². The number of rotatable bonds is 7. The van der Waals surface area contributed by atoms with E-state index in [2.05, 4.69) is 5.32 Å². The number of carbonyl (C=O) groups excluding carboxylic acids is 2. The van der Waals surface area contributed by atoms with Gasteiger partial charge < -0.3 is 15.0 Å². The van der Waals surface area contributed by atoms with Gasteiger partial charge in [-0.2, -0.15) is 4.31 Å². The number of amides is 2. The lowest BCUT2D eigenvalue weighted by molar-refractivity contribution is -0.132. The van der Waals surface area contributed by atoms with Gasteiger partial charge in [-0.15, -0.1) is 0 Å². The summed E-state index contributed by atoms with van der Waals surface area (Å²) in [6.07, 6.45) is 1.86. The largest absolute Gasteiger partial charge is 0.444 e. The Morgan fingerprint density at radius 2 is 1.73 bits per heavy atom. The van der Waals surface area contributed by atoms with Gasteiger partial charge in [-0.3, -0.25) is 4.79 Å². The number of sulfonamides is 1. The number of hydrogen-bond donors (Lipinski definition) is 1. The van der Waals surface area contributed by atoms with Gasteiger partial charge in [0.15, 0.2) is 0 Å². The fraction of sp³-hybridized carbons (Fsp3) is 0.524. The highest BCUT2D eigenvalue weighted by atomic mass is 32.2. The molecule has 30 heavy (non-hydrogen) atoms. The van der Waals surface area contributed by atoms with Crippen LogP contribution in [0.1, 0.15) is 39.2 Å². The molecule has 0 unspecified atom stereocenters. The Morgan fingerprint density at radius 3 is 2.33 bits per heavy atom. The van der Waals surface area contributed by atoms with E-state index >= 15 is 0 Å². The highest BCUT2D eigenvalue weighted by Crippen LogP contribution is 2.13. The number of nitrogens with one attached hydrogen (secondary N) is 1. The molecule has 1 aromatic rings. The average molecular weight is 438 g/mol. The summed E-state index contributed by atoms with van der Waals surface area (Å²) in [4.78, 5) is 25.6. The second kappa shape index (κ2) is 10.6. The minimum absolute atomic E-state index is 0.0436. The number of nitrogens with zero attached hydrogens (tertiary/aromatic N) is 2. The van der Waals surface area contributed by atoms with Crippen molar-refractivity contribution >= 4 is 28.1 Å². The molecule has 1 aliphatic heterocycles. The van der Waals surface area contributed by atoms with E-state index in [0.29, 0.717) is 26.1 Å². The first-order chi connectivity index (χ1) is 14.1. The van der Waals surface area contributed by atoms with Crippen LogP contribution in [0.3, 0.4) is 0 Å². The van der Waals surface area contributed by atoms with Crippen molar-refractivity contribution in [3.63, 3.8) is 0 Å². The van der Waals surface area contributed by atoms with Gasteiger partial charge >= 0.3 is 6.09 Å². The molecule has 0 radical (unpaired) electrons. The van der Waals surface area contributed by atoms with E-state index in [1.807, 2.05) is 30.3 Å². The predicted octanol–water partition coefficient (Wildman–Crippen LogP) is 2.44. The van der Waals surface area contributed by atoms with Crippen molar-refractivity contribution in [3.05, 3.63) is 41.3 Å². The first-order valence-corrected chi connectivity index (χ1v) is 11.5. The summed E-state index contributed by atoms with van der Waals surface area (Å²) >= 11 is 0. The monoisotopic (exact) mass is 437 g/mol. The van der Waals surface area contributed by atoms with Crippen molar-refractivity contribution in [2.75, 3.05) is 32.7 Å². The number of piperazine rings is 1. The molecule has 1 heterocycles. The molecule has 1 N–H and O–H groups in total. The molecule has 2 amide bonds. The van der Waals surface area contributed by atoms with Crippen LogP contribution in [0.15, 0.2) is 35.7 Å². The summed E-state index contributed by atoms with van der Waals surface area (Å²) in [6.45, 7) is 6.95. The molecule has 166 valence electrons. The van der Waals surface area contributed by atoms with Crippen LogP contribution < -0.4 is 5.32 Å². The molecule has 8 nitrogen and oxygen atoms in total. The quantitative estimate of drug-likeness (QED) is 0.661. The minimum atomic E-state index is -3.52. The average Bonchev–Trinajstić information content (AvgIpc) is 2.69. The van der Waals surface area contributed by atoms with Crippen molar-refractivity contribution in [1.82, 2.24) is 14.5 Å². The summed E-state index contributed by atoms with van der Waals surface area (Å²) in [5, 5.41) is 3.84. The van der Waals surface area contributed by atoms with E-state index in [-0.39, 0.29) is 25.4 Å². The van der Waals surface area contributed by atoms with Gasteiger partial charge in [-0.25, -0.2) is 13.2 Å². The number of carbonyl (C=O) groups is 2. The van der Waals surface area contributed by atoms with Crippen LogP contribution in [0.25, 0.3) is 6.08 Å². The molecule has 0 spiro atoms. The van der Waals surface area contributed by atoms with Gasteiger partial charge in [-0.1, -0.05) is 30.3 Å². The predicted molar refractivity (Wildman–Crippen MR) is 116 cm³/mol. The third kappa shape index (κ3) is 8.16. The summed E-state index contributed by atoms with van der Waals surface area (Å²) < 4.78 is 31.5. The third-order valence-corrected chi connectivity index (χ3v) is 5.98. The molecule has 9 heteroatoms. The highest BCUT2D eigenvalue weighted by Gasteiger charge is 2.27. The number of ether oxygens (including phenoxy) is 1. The lowest BCUT2D eigenvalue weighted by Crippen LogP contribution is -2.50. The Hall–Kier alpha value is -2.39. The number of alkyl carbamates (subject to hydrolysis) is 1. The van der Waals surface area contributed by atoms with Crippen molar-refractivity contribution < 1.29 is 22.7 Å². The molecule has 0 saturated carbocycles. The molecular weight excluding hydrogens is 406 g/mol. The SMILES string of the molecule is CC(C)(C)OC(=O)NCCCC(=O)N1CCN(S(=O)(=O)/C=C/c2ccccc2)CC1. The minimum Gasteiger partial charge on any atom is -0.444 e. The van der Waals surface area contributed by atoms with Crippen LogP contribution in [0.2, 0.25) is 0 Å². The molecule has 1 aromatic carbocycles. The fourth-order valence-electron chi connectivity index (χ4n) is 2.91. The molecular formula is C21H31N3O5S. The van der Waals surface area contributed by atoms with Crippen molar-refractivity contribution in [3.8, 4) is 0 Å². The zero-order valence-corrected chi connectivity index (χ0v) is 18.7. The molecule has 1 saturated heterocycles. The Labute approximate surface area is 178 Å². The lowest BCUT2D eigenvalue weighted by atomic mass is 10.2. The smallest absolute Gasteiger partial charge is 0.407 e. The maximum atomic E-state index is 12.5. The second-order valence-electron chi connectivity index (χ2n) is 8.07. The molecule has 0 aliphatic carbocycles.